The van der Waals surface area contributed by atoms with Crippen molar-refractivity contribution in [1.82, 2.24) is 9.21 Å². The zero-order valence-electron chi connectivity index (χ0n) is 21.5. The Hall–Kier alpha value is -2.47. The minimum absolute atomic E-state index is 0.0897. The second-order valence-corrected chi connectivity index (χ2v) is 11.6. The molecule has 1 unspecified atom stereocenters. The molecular weight excluding hydrogens is 456 g/mol. The molecule has 2 aliphatic rings. The van der Waals surface area contributed by atoms with Crippen LogP contribution in [0.3, 0.4) is 0 Å². The van der Waals surface area contributed by atoms with Gasteiger partial charge in [-0.3, -0.25) is 0 Å². The second kappa shape index (κ2) is 11.1. The van der Waals surface area contributed by atoms with Gasteiger partial charge in [0.05, 0.1) is 12.6 Å². The van der Waals surface area contributed by atoms with E-state index in [2.05, 4.69) is 20.8 Å². The Kier molecular flexibility index (Phi) is 8.10. The molecule has 2 aromatic carbocycles. The molecule has 1 saturated carbocycles. The Balaban J connectivity index is 1.57. The summed E-state index contributed by atoms with van der Waals surface area (Å²) in [5.41, 5.74) is 2.21. The van der Waals surface area contributed by atoms with E-state index in [1.807, 2.05) is 68.4 Å². The molecule has 1 heterocycles. The third-order valence-electron chi connectivity index (χ3n) is 7.56. The average Bonchev–Trinajstić information content (AvgIpc) is 3.16. The molecule has 1 saturated heterocycles. The lowest BCUT2D eigenvalue weighted by molar-refractivity contribution is -0.159. The zero-order chi connectivity index (χ0) is 25.1. The van der Waals surface area contributed by atoms with Crippen LogP contribution in [0, 0.1) is 24.7 Å². The lowest BCUT2D eigenvalue weighted by Gasteiger charge is -2.37. The van der Waals surface area contributed by atoms with E-state index in [1.165, 1.54) is 18.4 Å². The SMILES string of the molecule is Cc1ccc(SN2C(=O)N([C@H](C)c3ccccc3)C[C@@H]2C(=O)OC2C[C@H](C)CC[C@H]2C(C)C)cc1. The highest BCUT2D eigenvalue weighted by Crippen LogP contribution is 2.38. The van der Waals surface area contributed by atoms with Gasteiger partial charge in [0.1, 0.15) is 6.10 Å². The number of ether oxygens (including phenoxy) is 1. The Bertz CT molecular complexity index is 1010. The Morgan fingerprint density at radius 3 is 2.37 bits per heavy atom. The van der Waals surface area contributed by atoms with Gasteiger partial charge in [0.2, 0.25) is 0 Å². The van der Waals surface area contributed by atoms with Gasteiger partial charge in [-0.15, -0.1) is 0 Å². The Morgan fingerprint density at radius 2 is 1.71 bits per heavy atom. The summed E-state index contributed by atoms with van der Waals surface area (Å²) in [6, 6.07) is 17.1. The largest absolute Gasteiger partial charge is 0.460 e. The van der Waals surface area contributed by atoms with Crippen molar-refractivity contribution in [2.24, 2.45) is 17.8 Å². The summed E-state index contributed by atoms with van der Waals surface area (Å²) in [5.74, 6) is 1.08. The topological polar surface area (TPSA) is 49.9 Å². The van der Waals surface area contributed by atoms with Crippen molar-refractivity contribution in [3.8, 4) is 0 Å². The molecule has 0 aromatic heterocycles. The highest BCUT2D eigenvalue weighted by Gasteiger charge is 2.46. The van der Waals surface area contributed by atoms with E-state index in [0.29, 0.717) is 24.3 Å². The molecule has 6 heteroatoms. The first kappa shape index (κ1) is 25.6. The van der Waals surface area contributed by atoms with Crippen molar-refractivity contribution < 1.29 is 14.3 Å². The molecule has 2 fully saturated rings. The van der Waals surface area contributed by atoms with Crippen molar-refractivity contribution in [3.05, 3.63) is 65.7 Å². The normalized spacial score (nSPS) is 25.7. The number of benzene rings is 2. The molecule has 0 N–H and O–H groups in total. The van der Waals surface area contributed by atoms with Gasteiger partial charge in [0.25, 0.3) is 0 Å². The van der Waals surface area contributed by atoms with Gasteiger partial charge in [-0.05, 0) is 74.1 Å². The van der Waals surface area contributed by atoms with Gasteiger partial charge in [0, 0.05) is 4.90 Å². The first-order valence-electron chi connectivity index (χ1n) is 12.8. The number of carbonyl (C=O) groups is 2. The van der Waals surface area contributed by atoms with E-state index in [1.54, 1.807) is 9.21 Å². The molecule has 0 spiro atoms. The highest BCUT2D eigenvalue weighted by atomic mass is 32.2. The Labute approximate surface area is 214 Å². The van der Waals surface area contributed by atoms with Gasteiger partial charge < -0.3 is 9.64 Å². The third-order valence-corrected chi connectivity index (χ3v) is 8.65. The zero-order valence-corrected chi connectivity index (χ0v) is 22.3. The van der Waals surface area contributed by atoms with Crippen molar-refractivity contribution in [2.45, 2.75) is 77.0 Å². The summed E-state index contributed by atoms with van der Waals surface area (Å²) in [6.07, 6.45) is 3.06. The van der Waals surface area contributed by atoms with E-state index in [0.717, 1.165) is 28.9 Å². The fourth-order valence-corrected chi connectivity index (χ4v) is 6.25. The van der Waals surface area contributed by atoms with Crippen LogP contribution in [0.25, 0.3) is 0 Å². The van der Waals surface area contributed by atoms with E-state index in [9.17, 15) is 9.59 Å². The molecule has 5 nitrogen and oxygen atoms in total. The molecule has 2 aromatic rings. The lowest BCUT2D eigenvalue weighted by atomic mass is 9.75. The molecule has 35 heavy (non-hydrogen) atoms. The summed E-state index contributed by atoms with van der Waals surface area (Å²) in [4.78, 5) is 30.0. The predicted molar refractivity (Wildman–Crippen MR) is 141 cm³/mol. The standard InChI is InChI=1S/C29H38N2O3S/c1-19(2)25-16-13-21(4)17-27(25)34-28(32)26-18-30(22(5)23-9-7-6-8-10-23)29(33)31(26)35-24-14-11-20(3)12-15-24/h6-12,14-15,19,21-22,25-27H,13,16-18H2,1-5H3/t21-,22-,25+,26-,27?/m1/s1. The molecule has 2 amide bonds. The second-order valence-electron chi connectivity index (χ2n) is 10.6. The van der Waals surface area contributed by atoms with Gasteiger partial charge in [0.15, 0.2) is 6.04 Å². The van der Waals surface area contributed by atoms with Crippen LogP contribution in [0.2, 0.25) is 0 Å². The van der Waals surface area contributed by atoms with Crippen LogP contribution >= 0.6 is 11.9 Å². The summed E-state index contributed by atoms with van der Waals surface area (Å²) in [5, 5.41) is 0. The van der Waals surface area contributed by atoms with Crippen molar-refractivity contribution in [2.75, 3.05) is 6.54 Å². The molecule has 0 radical (unpaired) electrons. The summed E-state index contributed by atoms with van der Waals surface area (Å²) in [6.45, 7) is 11.0. The molecule has 0 bridgehead atoms. The monoisotopic (exact) mass is 494 g/mol. The Morgan fingerprint density at radius 1 is 1.03 bits per heavy atom. The van der Waals surface area contributed by atoms with Gasteiger partial charge in [-0.2, -0.15) is 0 Å². The smallest absolute Gasteiger partial charge is 0.332 e. The number of carbonyl (C=O) groups excluding carboxylic acids is 2. The van der Waals surface area contributed by atoms with Crippen LogP contribution in [-0.4, -0.2) is 39.9 Å². The number of nitrogens with zero attached hydrogens (tertiary/aromatic N) is 2. The number of hydrogen-bond donors (Lipinski definition) is 0. The van der Waals surface area contributed by atoms with Crippen LogP contribution < -0.4 is 0 Å². The van der Waals surface area contributed by atoms with Gasteiger partial charge >= 0.3 is 12.0 Å². The van der Waals surface area contributed by atoms with E-state index < -0.39 is 6.04 Å². The maximum absolute atomic E-state index is 13.6. The number of urea groups is 1. The van der Waals surface area contributed by atoms with Crippen molar-refractivity contribution in [3.63, 3.8) is 0 Å². The molecule has 4 rings (SSSR count). The van der Waals surface area contributed by atoms with Crippen LogP contribution in [0.15, 0.2) is 59.5 Å². The first-order valence-corrected chi connectivity index (χ1v) is 13.6. The maximum Gasteiger partial charge on any atom is 0.332 e. The van der Waals surface area contributed by atoms with Crippen molar-refractivity contribution in [1.29, 1.82) is 0 Å². The minimum Gasteiger partial charge on any atom is -0.460 e. The molecule has 5 atom stereocenters. The number of rotatable bonds is 7. The summed E-state index contributed by atoms with van der Waals surface area (Å²) < 4.78 is 7.84. The maximum atomic E-state index is 13.6. The lowest BCUT2D eigenvalue weighted by Crippen LogP contribution is -2.42. The van der Waals surface area contributed by atoms with E-state index in [4.69, 9.17) is 4.74 Å². The van der Waals surface area contributed by atoms with E-state index in [-0.39, 0.29) is 24.1 Å². The fraction of sp³-hybridized carbons (Fsp3) is 0.517. The van der Waals surface area contributed by atoms with Gasteiger partial charge in [-0.1, -0.05) is 75.2 Å². The fourth-order valence-electron chi connectivity index (χ4n) is 5.30. The van der Waals surface area contributed by atoms with E-state index >= 15 is 0 Å². The molecular formula is C29H38N2O3S. The molecule has 1 aliphatic carbocycles. The summed E-state index contributed by atoms with van der Waals surface area (Å²) in [7, 11) is 0. The molecule has 188 valence electrons. The van der Waals surface area contributed by atoms with Crippen molar-refractivity contribution >= 4 is 23.9 Å². The summed E-state index contributed by atoms with van der Waals surface area (Å²) >= 11 is 1.33. The van der Waals surface area contributed by atoms with Crippen LogP contribution in [0.4, 0.5) is 4.79 Å². The minimum atomic E-state index is -0.648. The highest BCUT2D eigenvalue weighted by molar-refractivity contribution is 7.97. The number of esters is 1. The number of hydrogen-bond acceptors (Lipinski definition) is 4. The first-order chi connectivity index (χ1) is 16.7. The number of amides is 2. The van der Waals surface area contributed by atoms with Gasteiger partial charge in [-0.25, -0.2) is 13.9 Å². The van der Waals surface area contributed by atoms with Crippen LogP contribution in [0.5, 0.6) is 0 Å². The number of aryl methyl sites for hydroxylation is 1. The quantitative estimate of drug-likeness (QED) is 0.311. The van der Waals surface area contributed by atoms with Crippen LogP contribution in [-0.2, 0) is 9.53 Å². The third kappa shape index (κ3) is 5.85. The average molecular weight is 495 g/mol. The van der Waals surface area contributed by atoms with Crippen LogP contribution in [0.1, 0.15) is 64.1 Å². The molecule has 1 aliphatic heterocycles. The predicted octanol–water partition coefficient (Wildman–Crippen LogP) is 6.87.